The summed E-state index contributed by atoms with van der Waals surface area (Å²) in [6, 6.07) is 14.6. The van der Waals surface area contributed by atoms with Crippen LogP contribution in [-0.4, -0.2) is 22.2 Å². The van der Waals surface area contributed by atoms with Crippen molar-refractivity contribution in [3.8, 4) is 5.75 Å². The Morgan fingerprint density at radius 3 is 2.23 bits per heavy atom. The molecule has 0 aliphatic heterocycles. The fourth-order valence-corrected chi connectivity index (χ4v) is 2.21. The minimum absolute atomic E-state index is 0.291. The van der Waals surface area contributed by atoms with Crippen LogP contribution in [0.15, 0.2) is 48.5 Å². The fourth-order valence-electron chi connectivity index (χ4n) is 2.21. The third kappa shape index (κ3) is 4.90. The number of carboxylic acid groups (broad SMARTS) is 1. The molecule has 0 radical (unpaired) electrons. The van der Waals surface area contributed by atoms with Crippen LogP contribution in [0.4, 0.5) is 0 Å². The van der Waals surface area contributed by atoms with E-state index in [0.29, 0.717) is 17.4 Å². The highest BCUT2D eigenvalue weighted by Crippen LogP contribution is 2.12. The number of carboxylic acids is 1. The van der Waals surface area contributed by atoms with Gasteiger partial charge in [-0.25, -0.2) is 4.79 Å². The molecular formula is C18H21NO3. The highest BCUT2D eigenvalue weighted by Gasteiger charge is 2.04. The van der Waals surface area contributed by atoms with Gasteiger partial charge in [0.2, 0.25) is 0 Å². The lowest BCUT2D eigenvalue weighted by Crippen LogP contribution is -2.25. The van der Waals surface area contributed by atoms with Gasteiger partial charge in [0.05, 0.1) is 5.56 Å². The molecule has 4 heteroatoms. The van der Waals surface area contributed by atoms with Crippen molar-refractivity contribution in [2.24, 2.45) is 0 Å². The number of aromatic carboxylic acids is 1. The van der Waals surface area contributed by atoms with E-state index < -0.39 is 5.97 Å². The van der Waals surface area contributed by atoms with Crippen molar-refractivity contribution in [3.63, 3.8) is 0 Å². The lowest BCUT2D eigenvalue weighted by atomic mass is 10.1. The molecule has 22 heavy (non-hydrogen) atoms. The summed E-state index contributed by atoms with van der Waals surface area (Å²) in [5.41, 5.74) is 2.59. The molecule has 1 unspecified atom stereocenters. The number of hydrogen-bond acceptors (Lipinski definition) is 3. The van der Waals surface area contributed by atoms with Crippen LogP contribution in [0, 0.1) is 0 Å². The van der Waals surface area contributed by atoms with Crippen LogP contribution < -0.4 is 5.32 Å². The van der Waals surface area contributed by atoms with Gasteiger partial charge < -0.3 is 15.5 Å². The maximum atomic E-state index is 10.8. The van der Waals surface area contributed by atoms with E-state index in [1.54, 1.807) is 24.3 Å². The van der Waals surface area contributed by atoms with Gasteiger partial charge in [-0.1, -0.05) is 24.3 Å². The smallest absolute Gasteiger partial charge is 0.335 e. The Kier molecular flexibility index (Phi) is 5.55. The summed E-state index contributed by atoms with van der Waals surface area (Å²) in [4.78, 5) is 10.8. The third-order valence-corrected chi connectivity index (χ3v) is 3.66. The molecule has 0 saturated heterocycles. The zero-order chi connectivity index (χ0) is 15.9. The Balaban J connectivity index is 1.76. The van der Waals surface area contributed by atoms with E-state index >= 15 is 0 Å². The number of carbonyl (C=O) groups is 1. The van der Waals surface area contributed by atoms with Crippen LogP contribution in [0.5, 0.6) is 5.75 Å². The average molecular weight is 299 g/mol. The highest BCUT2D eigenvalue weighted by atomic mass is 16.4. The number of rotatable bonds is 7. The summed E-state index contributed by atoms with van der Waals surface area (Å²) in [6.45, 7) is 2.85. The number of hydrogen-bond donors (Lipinski definition) is 3. The van der Waals surface area contributed by atoms with Crippen LogP contribution in [0.25, 0.3) is 0 Å². The molecule has 2 aromatic carbocycles. The molecule has 0 fully saturated rings. The van der Waals surface area contributed by atoms with E-state index in [2.05, 4.69) is 12.2 Å². The van der Waals surface area contributed by atoms with Gasteiger partial charge in [0.25, 0.3) is 0 Å². The molecule has 0 saturated carbocycles. The van der Waals surface area contributed by atoms with Gasteiger partial charge in [-0.05, 0) is 55.2 Å². The lowest BCUT2D eigenvalue weighted by Gasteiger charge is -2.14. The Labute approximate surface area is 130 Å². The Morgan fingerprint density at radius 1 is 1.05 bits per heavy atom. The second-order valence-corrected chi connectivity index (χ2v) is 5.49. The first kappa shape index (κ1) is 16.0. The number of aryl methyl sites for hydroxylation is 1. The lowest BCUT2D eigenvalue weighted by molar-refractivity contribution is 0.0697. The Hall–Kier alpha value is -2.33. The Morgan fingerprint density at radius 2 is 1.64 bits per heavy atom. The maximum Gasteiger partial charge on any atom is 0.335 e. The monoisotopic (exact) mass is 299 g/mol. The predicted octanol–water partition coefficient (Wildman–Crippen LogP) is 3.20. The quantitative estimate of drug-likeness (QED) is 0.734. The van der Waals surface area contributed by atoms with Crippen LogP contribution in [0.3, 0.4) is 0 Å². The zero-order valence-electron chi connectivity index (χ0n) is 12.6. The molecule has 2 rings (SSSR count). The van der Waals surface area contributed by atoms with Crippen LogP contribution in [0.1, 0.15) is 34.8 Å². The average Bonchev–Trinajstić information content (AvgIpc) is 2.52. The van der Waals surface area contributed by atoms with E-state index in [1.165, 1.54) is 5.56 Å². The third-order valence-electron chi connectivity index (χ3n) is 3.66. The van der Waals surface area contributed by atoms with Gasteiger partial charge in [0, 0.05) is 12.6 Å². The molecule has 1 atom stereocenters. The van der Waals surface area contributed by atoms with Crippen molar-refractivity contribution in [3.05, 3.63) is 65.2 Å². The van der Waals surface area contributed by atoms with Crippen molar-refractivity contribution in [1.29, 1.82) is 0 Å². The summed E-state index contributed by atoms with van der Waals surface area (Å²) < 4.78 is 0. The van der Waals surface area contributed by atoms with Crippen molar-refractivity contribution in [2.45, 2.75) is 32.4 Å². The van der Waals surface area contributed by atoms with Gasteiger partial charge in [-0.15, -0.1) is 0 Å². The summed E-state index contributed by atoms with van der Waals surface area (Å²) in [7, 11) is 0. The topological polar surface area (TPSA) is 69.6 Å². The van der Waals surface area contributed by atoms with E-state index in [-0.39, 0.29) is 0 Å². The second kappa shape index (κ2) is 7.61. The first-order valence-corrected chi connectivity index (χ1v) is 7.38. The molecule has 3 N–H and O–H groups in total. The molecule has 2 aromatic rings. The first-order valence-electron chi connectivity index (χ1n) is 7.38. The van der Waals surface area contributed by atoms with Gasteiger partial charge >= 0.3 is 5.97 Å². The van der Waals surface area contributed by atoms with Crippen molar-refractivity contribution >= 4 is 5.97 Å². The van der Waals surface area contributed by atoms with Crippen LogP contribution in [-0.2, 0) is 13.0 Å². The van der Waals surface area contributed by atoms with Crippen LogP contribution >= 0.6 is 0 Å². The zero-order valence-corrected chi connectivity index (χ0v) is 12.6. The number of aromatic hydroxyl groups is 1. The molecular weight excluding hydrogens is 278 g/mol. The van der Waals surface area contributed by atoms with Gasteiger partial charge in [0.1, 0.15) is 5.75 Å². The molecule has 0 bridgehead atoms. The summed E-state index contributed by atoms with van der Waals surface area (Å²) in [6.07, 6.45) is 1.95. The minimum atomic E-state index is -0.901. The molecule has 0 amide bonds. The standard InChI is InChI=1S/C18H21NO3/c1-13(2-3-14-6-10-17(20)11-7-14)19-12-15-4-8-16(9-5-15)18(21)22/h4-11,13,19-20H,2-3,12H2,1H3,(H,21,22). The van der Waals surface area contributed by atoms with Gasteiger partial charge in [0.15, 0.2) is 0 Å². The van der Waals surface area contributed by atoms with Crippen LogP contribution in [0.2, 0.25) is 0 Å². The van der Waals surface area contributed by atoms with E-state index in [4.69, 9.17) is 5.11 Å². The predicted molar refractivity (Wildman–Crippen MR) is 86.1 cm³/mol. The normalized spacial score (nSPS) is 12.0. The van der Waals surface area contributed by atoms with Crippen molar-refractivity contribution < 1.29 is 15.0 Å². The SMILES string of the molecule is CC(CCc1ccc(O)cc1)NCc1ccc(C(=O)O)cc1. The largest absolute Gasteiger partial charge is 0.508 e. The van der Waals surface area contributed by atoms with E-state index in [0.717, 1.165) is 24.9 Å². The molecule has 0 aliphatic carbocycles. The van der Waals surface area contributed by atoms with Crippen molar-refractivity contribution in [2.75, 3.05) is 0 Å². The molecule has 0 aliphatic rings. The van der Waals surface area contributed by atoms with Gasteiger partial charge in [-0.2, -0.15) is 0 Å². The minimum Gasteiger partial charge on any atom is -0.508 e. The van der Waals surface area contributed by atoms with Crippen molar-refractivity contribution in [1.82, 2.24) is 5.32 Å². The second-order valence-electron chi connectivity index (χ2n) is 5.49. The number of phenolic OH excluding ortho intramolecular Hbond substituents is 1. The molecule has 0 heterocycles. The first-order chi connectivity index (χ1) is 10.5. The van der Waals surface area contributed by atoms with E-state index in [1.807, 2.05) is 24.3 Å². The summed E-state index contributed by atoms with van der Waals surface area (Å²) in [5.74, 6) is -0.610. The summed E-state index contributed by atoms with van der Waals surface area (Å²) in [5, 5.41) is 21.5. The molecule has 4 nitrogen and oxygen atoms in total. The highest BCUT2D eigenvalue weighted by molar-refractivity contribution is 5.87. The maximum absolute atomic E-state index is 10.8. The Bertz CT molecular complexity index is 605. The summed E-state index contributed by atoms with van der Waals surface area (Å²) >= 11 is 0. The van der Waals surface area contributed by atoms with Gasteiger partial charge in [-0.3, -0.25) is 0 Å². The fraction of sp³-hybridized carbons (Fsp3) is 0.278. The number of nitrogens with one attached hydrogen (secondary N) is 1. The molecule has 116 valence electrons. The molecule has 0 aromatic heterocycles. The number of phenols is 1. The molecule has 0 spiro atoms. The van der Waals surface area contributed by atoms with E-state index in [9.17, 15) is 9.90 Å². The number of benzene rings is 2.